The van der Waals surface area contributed by atoms with Crippen LogP contribution in [0.5, 0.6) is 0 Å². The van der Waals surface area contributed by atoms with E-state index in [4.69, 9.17) is 21.1 Å². The monoisotopic (exact) mass is 613 g/mol. The Morgan fingerprint density at radius 1 is 1.17 bits per heavy atom. The van der Waals surface area contributed by atoms with Crippen molar-refractivity contribution in [1.29, 1.82) is 0 Å². The summed E-state index contributed by atoms with van der Waals surface area (Å²) in [6, 6.07) is 7.04. The van der Waals surface area contributed by atoms with Crippen LogP contribution in [0.1, 0.15) is 16.1 Å². The summed E-state index contributed by atoms with van der Waals surface area (Å²) in [6.45, 7) is 3.16. The number of fused-ring (bicyclic) bond motifs is 2. The van der Waals surface area contributed by atoms with Gasteiger partial charge in [-0.1, -0.05) is 48.2 Å². The normalized spacial score (nSPS) is 19.4. The van der Waals surface area contributed by atoms with Gasteiger partial charge in [-0.15, -0.1) is 28.5 Å². The Labute approximate surface area is 247 Å². The van der Waals surface area contributed by atoms with Crippen molar-refractivity contribution in [3.05, 3.63) is 82.0 Å². The fourth-order valence-electron chi connectivity index (χ4n) is 4.46. The number of ether oxygens (including phenoxy) is 2. The predicted octanol–water partition coefficient (Wildman–Crippen LogP) is 0.306. The van der Waals surface area contributed by atoms with Crippen LogP contribution >= 0.6 is 23.4 Å². The van der Waals surface area contributed by atoms with E-state index < -0.39 is 47.6 Å². The van der Waals surface area contributed by atoms with Crippen molar-refractivity contribution in [2.24, 2.45) is 0 Å². The van der Waals surface area contributed by atoms with E-state index in [9.17, 15) is 24.0 Å². The summed E-state index contributed by atoms with van der Waals surface area (Å²) in [5, 5.41) is 11.4. The van der Waals surface area contributed by atoms with Gasteiger partial charge in [0.1, 0.15) is 31.0 Å². The van der Waals surface area contributed by atoms with Crippen LogP contribution in [-0.2, 0) is 36.8 Å². The van der Waals surface area contributed by atoms with Gasteiger partial charge in [-0.25, -0.2) is 23.8 Å². The Morgan fingerprint density at radius 3 is 2.69 bits per heavy atom. The molecule has 0 aliphatic carbocycles. The summed E-state index contributed by atoms with van der Waals surface area (Å²) in [5.41, 5.74) is 0.113. The Bertz CT molecular complexity index is 1640. The second-order valence-electron chi connectivity index (χ2n) is 9.14. The molecule has 1 N–H and O–H groups in total. The molecule has 4 heterocycles. The Balaban J connectivity index is 1.30. The summed E-state index contributed by atoms with van der Waals surface area (Å²) < 4.78 is 12.7. The molecular formula is C26H24ClN7O7S. The zero-order chi connectivity index (χ0) is 29.8. The maximum atomic E-state index is 13.2. The topological polar surface area (TPSA) is 167 Å². The first-order valence-electron chi connectivity index (χ1n) is 12.7. The van der Waals surface area contributed by atoms with Crippen molar-refractivity contribution in [2.75, 3.05) is 19.1 Å². The number of rotatable bonds is 11. The predicted molar refractivity (Wildman–Crippen MR) is 149 cm³/mol. The van der Waals surface area contributed by atoms with Gasteiger partial charge in [-0.05, 0) is 11.0 Å². The second kappa shape index (κ2) is 12.6. The second-order valence-corrected chi connectivity index (χ2v) is 10.5. The lowest BCUT2D eigenvalue weighted by molar-refractivity contribution is -0.162. The van der Waals surface area contributed by atoms with Crippen LogP contribution in [0.3, 0.4) is 0 Å². The highest BCUT2D eigenvalue weighted by Crippen LogP contribution is 2.40. The molecule has 2 aromatic heterocycles. The molecule has 0 spiro atoms. The molecule has 1 aromatic carbocycles. The summed E-state index contributed by atoms with van der Waals surface area (Å²) in [4.78, 5) is 69.4. The molecule has 16 heteroatoms. The number of nitrogens with zero attached hydrogens (tertiary/aromatic N) is 6. The number of esters is 2. The minimum absolute atomic E-state index is 0.0947. The lowest BCUT2D eigenvalue weighted by atomic mass is 9.98. The molecule has 0 bridgehead atoms. The molecule has 1 fully saturated rings. The quantitative estimate of drug-likeness (QED) is 0.137. The first-order valence-corrected chi connectivity index (χ1v) is 14.1. The number of carbonyl (C=O) groups excluding carboxylic acids is 4. The summed E-state index contributed by atoms with van der Waals surface area (Å²) in [6.07, 6.45) is 2.60. The van der Waals surface area contributed by atoms with Gasteiger partial charge in [0, 0.05) is 11.5 Å². The first-order chi connectivity index (χ1) is 20.3. The number of hydrogen-bond acceptors (Lipinski definition) is 11. The van der Waals surface area contributed by atoms with Crippen LogP contribution in [0.25, 0.3) is 5.65 Å². The third-order valence-electron chi connectivity index (χ3n) is 6.43. The first kappa shape index (κ1) is 29.0. The molecular weight excluding hydrogens is 590 g/mol. The number of halogens is 1. The van der Waals surface area contributed by atoms with Crippen LogP contribution in [0.2, 0.25) is 0 Å². The number of amides is 2. The van der Waals surface area contributed by atoms with Crippen LogP contribution < -0.4 is 11.0 Å². The van der Waals surface area contributed by atoms with Gasteiger partial charge < -0.3 is 19.7 Å². The molecule has 5 rings (SSSR count). The summed E-state index contributed by atoms with van der Waals surface area (Å²) in [7, 11) is 0. The maximum absolute atomic E-state index is 13.2. The van der Waals surface area contributed by atoms with E-state index in [-0.39, 0.29) is 48.3 Å². The van der Waals surface area contributed by atoms with Gasteiger partial charge >= 0.3 is 17.6 Å². The van der Waals surface area contributed by atoms with E-state index in [0.717, 1.165) is 21.0 Å². The third kappa shape index (κ3) is 5.65. The third-order valence-corrected chi connectivity index (χ3v) is 7.82. The molecule has 0 radical (unpaired) electrons. The standard InChI is InChI=1S/C26H24ClN7O7S/c1-2-10-40-25(38)20-16(12-41-24(37)18-21-30-31-33(9-8-27)26(39)32(21)14-28-18)13-42-23-19(22(36)34(20)23)29-17(35)11-15-6-4-3-5-7-15/h2-7,13-14,19-20,23H,1,8-12H2,(H,29,35)/t19-,20?,23-/m1/s1. The number of alkyl halides is 1. The van der Waals surface area contributed by atoms with Crippen LogP contribution in [0.4, 0.5) is 0 Å². The summed E-state index contributed by atoms with van der Waals surface area (Å²) >= 11 is 6.87. The number of nitrogens with one attached hydrogen (secondary N) is 1. The molecule has 1 saturated heterocycles. The number of aromatic nitrogens is 5. The Morgan fingerprint density at radius 2 is 1.95 bits per heavy atom. The van der Waals surface area contributed by atoms with Gasteiger partial charge in [0.2, 0.25) is 11.8 Å². The summed E-state index contributed by atoms with van der Waals surface area (Å²) in [5.74, 6) is -2.35. The molecule has 1 unspecified atom stereocenters. The SMILES string of the molecule is C=CCOC(=O)C1C(COC(=O)c2ncn3c(=O)n(CCCl)nnc23)=CS[C@@H]2[C@H](NC(=O)Cc3ccccc3)C(=O)N12. The fourth-order valence-corrected chi connectivity index (χ4v) is 5.83. The van der Waals surface area contributed by atoms with Crippen molar-refractivity contribution in [2.45, 2.75) is 30.4 Å². The van der Waals surface area contributed by atoms with Crippen molar-refractivity contribution < 1.29 is 28.7 Å². The molecule has 3 atom stereocenters. The van der Waals surface area contributed by atoms with Gasteiger partial charge in [-0.2, -0.15) is 4.68 Å². The van der Waals surface area contributed by atoms with E-state index in [2.05, 4.69) is 27.2 Å². The Hall–Kier alpha value is -4.50. The number of hydrogen-bond donors (Lipinski definition) is 1. The number of benzene rings is 1. The molecule has 2 aliphatic rings. The van der Waals surface area contributed by atoms with Gasteiger partial charge in [0.15, 0.2) is 17.4 Å². The van der Waals surface area contributed by atoms with Gasteiger partial charge in [0.25, 0.3) is 0 Å². The lowest BCUT2D eigenvalue weighted by Gasteiger charge is -2.51. The van der Waals surface area contributed by atoms with E-state index in [1.54, 1.807) is 5.41 Å². The highest BCUT2D eigenvalue weighted by Gasteiger charge is 2.56. The average Bonchev–Trinajstić information content (AvgIpc) is 3.44. The van der Waals surface area contributed by atoms with E-state index >= 15 is 0 Å². The van der Waals surface area contributed by atoms with Crippen LogP contribution in [0, 0.1) is 0 Å². The zero-order valence-corrected chi connectivity index (χ0v) is 23.5. The minimum atomic E-state index is -1.19. The fraction of sp³-hybridized carbons (Fsp3) is 0.308. The molecule has 2 aliphatic heterocycles. The van der Waals surface area contributed by atoms with Crippen molar-refractivity contribution >= 4 is 52.8 Å². The molecule has 218 valence electrons. The molecule has 2 amide bonds. The van der Waals surface area contributed by atoms with E-state index in [1.807, 2.05) is 30.3 Å². The highest BCUT2D eigenvalue weighted by atomic mass is 35.5. The van der Waals surface area contributed by atoms with Crippen LogP contribution in [0.15, 0.2) is 65.1 Å². The van der Waals surface area contributed by atoms with E-state index in [0.29, 0.717) is 0 Å². The van der Waals surface area contributed by atoms with Crippen molar-refractivity contribution in [3.8, 4) is 0 Å². The number of imidazole rings is 1. The smallest absolute Gasteiger partial charge is 0.361 e. The average molecular weight is 614 g/mol. The van der Waals surface area contributed by atoms with Gasteiger partial charge in [-0.3, -0.25) is 9.59 Å². The zero-order valence-electron chi connectivity index (χ0n) is 21.9. The highest BCUT2D eigenvalue weighted by molar-refractivity contribution is 8.03. The Kier molecular flexibility index (Phi) is 8.68. The molecule has 42 heavy (non-hydrogen) atoms. The number of carbonyl (C=O) groups is 4. The molecule has 0 saturated carbocycles. The largest absolute Gasteiger partial charge is 0.460 e. The lowest BCUT2D eigenvalue weighted by Crippen LogP contribution is -2.74. The van der Waals surface area contributed by atoms with E-state index in [1.165, 1.54) is 22.7 Å². The minimum Gasteiger partial charge on any atom is -0.460 e. The number of β-lactam (4-membered cyclic amide) rings is 1. The maximum Gasteiger partial charge on any atom is 0.361 e. The number of aryl methyl sites for hydroxylation is 1. The van der Waals surface area contributed by atoms with Crippen LogP contribution in [-0.4, -0.2) is 89.6 Å². The van der Waals surface area contributed by atoms with Crippen molar-refractivity contribution in [3.63, 3.8) is 0 Å². The molecule has 14 nitrogen and oxygen atoms in total. The molecule has 3 aromatic rings. The van der Waals surface area contributed by atoms with Gasteiger partial charge in [0.05, 0.1) is 13.0 Å². The number of thioether (sulfide) groups is 1. The van der Waals surface area contributed by atoms with Crippen molar-refractivity contribution in [1.82, 2.24) is 34.6 Å².